The van der Waals surface area contributed by atoms with Crippen molar-refractivity contribution in [2.24, 2.45) is 0 Å². The third kappa shape index (κ3) is 9.08. The van der Waals surface area contributed by atoms with Gasteiger partial charge in [0.25, 0.3) is 0 Å². The van der Waals surface area contributed by atoms with Crippen LogP contribution in [0.4, 0.5) is 0 Å². The van der Waals surface area contributed by atoms with Crippen molar-refractivity contribution >= 4 is 16.0 Å². The first-order chi connectivity index (χ1) is 7.90. The molecule has 0 aliphatic heterocycles. The molecule has 0 aliphatic rings. The Balaban J connectivity index is 3.74. The zero-order valence-electron chi connectivity index (χ0n) is 10.7. The molecule has 0 aromatic heterocycles. The highest BCUT2D eigenvalue weighted by Gasteiger charge is 2.15. The maximum absolute atomic E-state index is 11.4. The fourth-order valence-electron chi connectivity index (χ4n) is 1.26. The van der Waals surface area contributed by atoms with Gasteiger partial charge in [0.2, 0.25) is 10.0 Å². The summed E-state index contributed by atoms with van der Waals surface area (Å²) in [4.78, 5) is 11.4. The minimum atomic E-state index is -3.12. The largest absolute Gasteiger partial charge is 0.465 e. The predicted octanol–water partition coefficient (Wildman–Crippen LogP) is -0.143. The second-order valence-electron chi connectivity index (χ2n) is 3.69. The van der Waals surface area contributed by atoms with Gasteiger partial charge in [-0.1, -0.05) is 6.92 Å². The summed E-state index contributed by atoms with van der Waals surface area (Å²) in [6, 6.07) is -0.312. The van der Waals surface area contributed by atoms with E-state index in [1.165, 1.54) is 0 Å². The Labute approximate surface area is 103 Å². The second-order valence-corrected chi connectivity index (χ2v) is 5.52. The van der Waals surface area contributed by atoms with Crippen LogP contribution in [0.15, 0.2) is 0 Å². The first-order valence-electron chi connectivity index (χ1n) is 5.75. The van der Waals surface area contributed by atoms with Gasteiger partial charge < -0.3 is 10.1 Å². The predicted molar refractivity (Wildman–Crippen MR) is 66.2 cm³/mol. The van der Waals surface area contributed by atoms with Gasteiger partial charge in [0, 0.05) is 6.54 Å². The van der Waals surface area contributed by atoms with Crippen molar-refractivity contribution in [1.29, 1.82) is 0 Å². The van der Waals surface area contributed by atoms with Gasteiger partial charge in [0.1, 0.15) is 6.04 Å². The maximum atomic E-state index is 11.4. The normalized spacial score (nSPS) is 13.4. The van der Waals surface area contributed by atoms with E-state index in [-0.39, 0.29) is 12.0 Å². The average Bonchev–Trinajstić information content (AvgIpc) is 2.22. The molecule has 1 unspecified atom stereocenters. The zero-order chi connectivity index (χ0) is 13.3. The van der Waals surface area contributed by atoms with Crippen molar-refractivity contribution < 1.29 is 17.9 Å². The van der Waals surface area contributed by atoms with Gasteiger partial charge in [-0.25, -0.2) is 13.1 Å². The third-order valence-corrected chi connectivity index (χ3v) is 2.82. The summed E-state index contributed by atoms with van der Waals surface area (Å²) in [5, 5.41) is 3.03. The van der Waals surface area contributed by atoms with Gasteiger partial charge in [-0.2, -0.15) is 0 Å². The summed E-state index contributed by atoms with van der Waals surface area (Å²) in [7, 11) is -3.12. The first kappa shape index (κ1) is 16.3. The molecule has 7 heteroatoms. The van der Waals surface area contributed by atoms with E-state index < -0.39 is 10.0 Å². The lowest BCUT2D eigenvalue weighted by Gasteiger charge is -2.15. The van der Waals surface area contributed by atoms with Gasteiger partial charge in [-0.05, 0) is 26.3 Å². The van der Waals surface area contributed by atoms with Crippen LogP contribution in [0.2, 0.25) is 0 Å². The first-order valence-corrected chi connectivity index (χ1v) is 7.64. The highest BCUT2D eigenvalue weighted by molar-refractivity contribution is 7.88. The molecule has 0 saturated carbocycles. The minimum absolute atomic E-state index is 0.258. The van der Waals surface area contributed by atoms with Crippen LogP contribution in [0.25, 0.3) is 0 Å². The molecule has 0 aromatic rings. The van der Waals surface area contributed by atoms with E-state index in [1.807, 2.05) is 6.92 Å². The van der Waals surface area contributed by atoms with E-state index >= 15 is 0 Å². The van der Waals surface area contributed by atoms with Crippen LogP contribution < -0.4 is 10.0 Å². The van der Waals surface area contributed by atoms with Crippen LogP contribution in [0, 0.1) is 0 Å². The molecule has 1 atom stereocenters. The Morgan fingerprint density at radius 3 is 2.41 bits per heavy atom. The van der Waals surface area contributed by atoms with Gasteiger partial charge in [-0.15, -0.1) is 0 Å². The van der Waals surface area contributed by atoms with Gasteiger partial charge in [-0.3, -0.25) is 4.79 Å². The van der Waals surface area contributed by atoms with Crippen molar-refractivity contribution in [1.82, 2.24) is 10.0 Å². The van der Waals surface area contributed by atoms with E-state index in [4.69, 9.17) is 4.74 Å². The number of sulfonamides is 1. The number of carbonyl (C=O) groups is 1. The standard InChI is InChI=1S/C10H22N2O4S/c1-4-9(10(13)16-5-2)11-7-6-8-12-17(3,14)15/h9,11-12H,4-8H2,1-3H3. The molecule has 0 radical (unpaired) electrons. The van der Waals surface area contributed by atoms with Crippen molar-refractivity contribution in [3.05, 3.63) is 0 Å². The summed E-state index contributed by atoms with van der Waals surface area (Å²) >= 11 is 0. The highest BCUT2D eigenvalue weighted by Crippen LogP contribution is 1.95. The number of ether oxygens (including phenoxy) is 1. The lowest BCUT2D eigenvalue weighted by atomic mass is 10.2. The number of carbonyl (C=O) groups excluding carboxylic acids is 1. The SMILES string of the molecule is CCOC(=O)C(CC)NCCCNS(C)(=O)=O. The molecule has 17 heavy (non-hydrogen) atoms. The Morgan fingerprint density at radius 2 is 1.94 bits per heavy atom. The van der Waals surface area contributed by atoms with Crippen LogP contribution in [0.5, 0.6) is 0 Å². The molecule has 0 spiro atoms. The molecule has 0 aromatic carbocycles. The monoisotopic (exact) mass is 266 g/mol. The third-order valence-electron chi connectivity index (χ3n) is 2.09. The highest BCUT2D eigenvalue weighted by atomic mass is 32.2. The number of hydrogen-bond donors (Lipinski definition) is 2. The molecule has 102 valence electrons. The van der Waals surface area contributed by atoms with Crippen LogP contribution in [-0.2, 0) is 19.6 Å². The van der Waals surface area contributed by atoms with Crippen LogP contribution in [0.1, 0.15) is 26.7 Å². The van der Waals surface area contributed by atoms with Crippen molar-refractivity contribution in [3.8, 4) is 0 Å². The summed E-state index contributed by atoms with van der Waals surface area (Å²) in [6.07, 6.45) is 2.40. The summed E-state index contributed by atoms with van der Waals surface area (Å²) in [5.41, 5.74) is 0. The summed E-state index contributed by atoms with van der Waals surface area (Å²) in [5.74, 6) is -0.258. The van der Waals surface area contributed by atoms with E-state index in [0.29, 0.717) is 32.5 Å². The minimum Gasteiger partial charge on any atom is -0.465 e. The van der Waals surface area contributed by atoms with Gasteiger partial charge in [0.15, 0.2) is 0 Å². The van der Waals surface area contributed by atoms with Crippen LogP contribution in [-0.4, -0.2) is 46.4 Å². The fourth-order valence-corrected chi connectivity index (χ4v) is 1.77. The lowest BCUT2D eigenvalue weighted by molar-refractivity contribution is -0.145. The molecule has 0 heterocycles. The molecule has 0 aliphatic carbocycles. The molecule has 0 bridgehead atoms. The van der Waals surface area contributed by atoms with Crippen LogP contribution in [0.3, 0.4) is 0 Å². The fraction of sp³-hybridized carbons (Fsp3) is 0.900. The number of nitrogens with one attached hydrogen (secondary N) is 2. The molecule has 0 saturated heterocycles. The Kier molecular flexibility index (Phi) is 8.11. The molecule has 0 rings (SSSR count). The average molecular weight is 266 g/mol. The van der Waals surface area contributed by atoms with Crippen molar-refractivity contribution in [3.63, 3.8) is 0 Å². The molecule has 2 N–H and O–H groups in total. The molecule has 6 nitrogen and oxygen atoms in total. The summed E-state index contributed by atoms with van der Waals surface area (Å²) < 4.78 is 28.8. The second kappa shape index (κ2) is 8.43. The quantitative estimate of drug-likeness (QED) is 0.448. The van der Waals surface area contributed by atoms with E-state index in [2.05, 4.69) is 10.0 Å². The number of hydrogen-bond acceptors (Lipinski definition) is 5. The van der Waals surface area contributed by atoms with E-state index in [9.17, 15) is 13.2 Å². The molecule has 0 fully saturated rings. The summed E-state index contributed by atoms with van der Waals surface area (Å²) in [6.45, 7) is 4.96. The smallest absolute Gasteiger partial charge is 0.323 e. The molecule has 0 amide bonds. The Bertz CT molecular complexity index is 316. The van der Waals surface area contributed by atoms with Crippen LogP contribution >= 0.6 is 0 Å². The Hall–Kier alpha value is -0.660. The van der Waals surface area contributed by atoms with Crippen molar-refractivity contribution in [2.75, 3.05) is 26.0 Å². The van der Waals surface area contributed by atoms with Gasteiger partial charge >= 0.3 is 5.97 Å². The molecular weight excluding hydrogens is 244 g/mol. The van der Waals surface area contributed by atoms with Gasteiger partial charge in [0.05, 0.1) is 12.9 Å². The number of esters is 1. The van der Waals surface area contributed by atoms with E-state index in [1.54, 1.807) is 6.92 Å². The lowest BCUT2D eigenvalue weighted by Crippen LogP contribution is -2.39. The maximum Gasteiger partial charge on any atom is 0.323 e. The molecular formula is C10H22N2O4S. The van der Waals surface area contributed by atoms with Crippen molar-refractivity contribution in [2.45, 2.75) is 32.7 Å². The zero-order valence-corrected chi connectivity index (χ0v) is 11.5. The number of rotatable bonds is 9. The topological polar surface area (TPSA) is 84.5 Å². The Morgan fingerprint density at radius 1 is 1.29 bits per heavy atom. The van der Waals surface area contributed by atoms with E-state index in [0.717, 1.165) is 6.26 Å².